The number of nitrogens with zero attached hydrogens (tertiary/aromatic N) is 3. The molecule has 5 rings (SSSR count). The first kappa shape index (κ1) is 21.8. The molecule has 1 aromatic carbocycles. The Morgan fingerprint density at radius 3 is 2.48 bits per heavy atom. The molecule has 2 aliphatic heterocycles. The molecule has 176 valence electrons. The van der Waals surface area contributed by atoms with Crippen molar-refractivity contribution in [1.29, 1.82) is 0 Å². The van der Waals surface area contributed by atoms with Crippen LogP contribution in [0.4, 0.5) is 5.95 Å². The SMILES string of the molecule is Cn1c(-c2ccc3c(c2)OCO3)cnc1NC(=O)C1CCCCC1C(=O)N1CCCCCC1. The van der Waals surface area contributed by atoms with Crippen molar-refractivity contribution in [3.8, 4) is 22.8 Å². The van der Waals surface area contributed by atoms with Gasteiger partial charge in [-0.1, -0.05) is 25.7 Å². The highest BCUT2D eigenvalue weighted by Crippen LogP contribution is 2.37. The molecule has 2 aromatic rings. The van der Waals surface area contributed by atoms with Crippen LogP contribution in [0.5, 0.6) is 11.5 Å². The third kappa shape index (κ3) is 4.43. The van der Waals surface area contributed by atoms with Crippen LogP contribution in [0.1, 0.15) is 51.4 Å². The van der Waals surface area contributed by atoms with Gasteiger partial charge in [-0.05, 0) is 43.9 Å². The summed E-state index contributed by atoms with van der Waals surface area (Å²) in [6.45, 7) is 1.87. The molecular formula is C25H32N4O4. The Hall–Kier alpha value is -3.03. The minimum absolute atomic E-state index is 0.103. The Labute approximate surface area is 194 Å². The number of anilines is 1. The molecule has 2 atom stereocenters. The Morgan fingerprint density at radius 2 is 1.70 bits per heavy atom. The van der Waals surface area contributed by atoms with E-state index in [0.29, 0.717) is 11.7 Å². The lowest BCUT2D eigenvalue weighted by atomic mass is 9.77. The van der Waals surface area contributed by atoms with Gasteiger partial charge in [0.2, 0.25) is 24.6 Å². The van der Waals surface area contributed by atoms with Crippen LogP contribution in [0.2, 0.25) is 0 Å². The Kier molecular flexibility index (Phi) is 6.24. The standard InChI is InChI=1S/C25H32N4O4/c1-28-20(17-10-11-21-22(14-17)33-16-32-21)15-26-25(28)27-23(30)18-8-4-5-9-19(18)24(31)29-12-6-2-3-7-13-29/h10-11,14-15,18-19H,2-9,12-13,16H2,1H3,(H,26,27,30). The predicted molar refractivity (Wildman–Crippen MR) is 124 cm³/mol. The highest BCUT2D eigenvalue weighted by molar-refractivity contribution is 5.95. The fourth-order valence-corrected chi connectivity index (χ4v) is 5.32. The summed E-state index contributed by atoms with van der Waals surface area (Å²) in [4.78, 5) is 33.1. The highest BCUT2D eigenvalue weighted by atomic mass is 16.7. The first-order chi connectivity index (χ1) is 16.1. The highest BCUT2D eigenvalue weighted by Gasteiger charge is 2.38. The van der Waals surface area contributed by atoms with Crippen molar-refractivity contribution < 1.29 is 19.1 Å². The zero-order valence-corrected chi connectivity index (χ0v) is 19.2. The number of carbonyl (C=O) groups excluding carboxylic acids is 2. The largest absolute Gasteiger partial charge is 0.454 e. The lowest BCUT2D eigenvalue weighted by molar-refractivity contribution is -0.142. The molecule has 3 aliphatic rings. The van der Waals surface area contributed by atoms with E-state index in [1.54, 1.807) is 6.20 Å². The average molecular weight is 453 g/mol. The molecule has 1 saturated carbocycles. The van der Waals surface area contributed by atoms with Crippen LogP contribution in [-0.4, -0.2) is 46.1 Å². The predicted octanol–water partition coefficient (Wildman–Crippen LogP) is 3.96. The molecule has 1 aromatic heterocycles. The molecule has 33 heavy (non-hydrogen) atoms. The van der Waals surface area contributed by atoms with E-state index in [-0.39, 0.29) is 30.4 Å². The smallest absolute Gasteiger partial charge is 0.231 e. The van der Waals surface area contributed by atoms with Crippen molar-refractivity contribution in [2.75, 3.05) is 25.2 Å². The van der Waals surface area contributed by atoms with Crippen LogP contribution in [-0.2, 0) is 16.6 Å². The molecular weight excluding hydrogens is 420 g/mol. The second kappa shape index (κ2) is 9.45. The number of imidazole rings is 1. The van der Waals surface area contributed by atoms with E-state index in [4.69, 9.17) is 9.47 Å². The maximum absolute atomic E-state index is 13.3. The number of nitrogens with one attached hydrogen (secondary N) is 1. The van der Waals surface area contributed by atoms with Gasteiger partial charge in [-0.3, -0.25) is 14.9 Å². The monoisotopic (exact) mass is 452 g/mol. The summed E-state index contributed by atoms with van der Waals surface area (Å²) >= 11 is 0. The van der Waals surface area contributed by atoms with E-state index in [0.717, 1.165) is 68.6 Å². The summed E-state index contributed by atoms with van der Waals surface area (Å²) in [6.07, 6.45) is 9.75. The molecule has 0 radical (unpaired) electrons. The fourth-order valence-electron chi connectivity index (χ4n) is 5.32. The average Bonchev–Trinajstić information content (AvgIpc) is 3.34. The third-order valence-corrected chi connectivity index (χ3v) is 7.23. The number of hydrogen-bond acceptors (Lipinski definition) is 5. The maximum Gasteiger partial charge on any atom is 0.231 e. The van der Waals surface area contributed by atoms with Gasteiger partial charge in [0, 0.05) is 37.5 Å². The van der Waals surface area contributed by atoms with E-state index in [1.807, 2.05) is 34.7 Å². The second-order valence-electron chi connectivity index (χ2n) is 9.32. The fraction of sp³-hybridized carbons (Fsp3) is 0.560. The topological polar surface area (TPSA) is 85.7 Å². The molecule has 2 amide bonds. The van der Waals surface area contributed by atoms with Gasteiger partial charge in [-0.25, -0.2) is 4.98 Å². The number of ether oxygens (including phenoxy) is 2. The van der Waals surface area contributed by atoms with E-state index >= 15 is 0 Å². The summed E-state index contributed by atoms with van der Waals surface area (Å²) in [5.74, 6) is 1.44. The first-order valence-electron chi connectivity index (χ1n) is 12.1. The van der Waals surface area contributed by atoms with Gasteiger partial charge < -0.3 is 18.9 Å². The van der Waals surface area contributed by atoms with Gasteiger partial charge in [-0.15, -0.1) is 0 Å². The summed E-state index contributed by atoms with van der Waals surface area (Å²) in [6, 6.07) is 5.75. The first-order valence-corrected chi connectivity index (χ1v) is 12.1. The summed E-state index contributed by atoms with van der Waals surface area (Å²) in [5, 5.41) is 3.01. The third-order valence-electron chi connectivity index (χ3n) is 7.23. The van der Waals surface area contributed by atoms with Crippen molar-refractivity contribution in [2.45, 2.75) is 51.4 Å². The molecule has 8 heteroatoms. The summed E-state index contributed by atoms with van der Waals surface area (Å²) in [5.41, 5.74) is 1.80. The molecule has 1 aliphatic carbocycles. The lowest BCUT2D eigenvalue weighted by Gasteiger charge is -2.33. The van der Waals surface area contributed by atoms with Gasteiger partial charge in [0.05, 0.1) is 11.9 Å². The van der Waals surface area contributed by atoms with Crippen molar-refractivity contribution >= 4 is 17.8 Å². The number of carbonyl (C=O) groups is 2. The van der Waals surface area contributed by atoms with Crippen molar-refractivity contribution in [1.82, 2.24) is 14.5 Å². The van der Waals surface area contributed by atoms with Gasteiger partial charge >= 0.3 is 0 Å². The van der Waals surface area contributed by atoms with E-state index < -0.39 is 0 Å². The van der Waals surface area contributed by atoms with Gasteiger partial charge in [-0.2, -0.15) is 0 Å². The van der Waals surface area contributed by atoms with Gasteiger partial charge in [0.25, 0.3) is 0 Å². The quantitative estimate of drug-likeness (QED) is 0.759. The molecule has 0 spiro atoms. The molecule has 0 bridgehead atoms. The molecule has 8 nitrogen and oxygen atoms in total. The van der Waals surface area contributed by atoms with Crippen molar-refractivity contribution in [3.05, 3.63) is 24.4 Å². The van der Waals surface area contributed by atoms with E-state index in [1.165, 1.54) is 12.8 Å². The summed E-state index contributed by atoms with van der Waals surface area (Å²) < 4.78 is 12.7. The van der Waals surface area contributed by atoms with E-state index in [9.17, 15) is 9.59 Å². The maximum atomic E-state index is 13.3. The Morgan fingerprint density at radius 1 is 0.970 bits per heavy atom. The van der Waals surface area contributed by atoms with Crippen LogP contribution in [0.25, 0.3) is 11.3 Å². The van der Waals surface area contributed by atoms with Crippen molar-refractivity contribution in [3.63, 3.8) is 0 Å². The molecule has 1 saturated heterocycles. The number of amides is 2. The lowest BCUT2D eigenvalue weighted by Crippen LogP contribution is -2.44. The summed E-state index contributed by atoms with van der Waals surface area (Å²) in [7, 11) is 1.88. The normalized spacial score (nSPS) is 22.6. The minimum Gasteiger partial charge on any atom is -0.454 e. The van der Waals surface area contributed by atoms with Gasteiger partial charge in [0.15, 0.2) is 11.5 Å². The second-order valence-corrected chi connectivity index (χ2v) is 9.32. The Bertz CT molecular complexity index is 1030. The van der Waals surface area contributed by atoms with Crippen LogP contribution >= 0.6 is 0 Å². The van der Waals surface area contributed by atoms with E-state index in [2.05, 4.69) is 10.3 Å². The molecule has 2 unspecified atom stereocenters. The minimum atomic E-state index is -0.305. The zero-order valence-electron chi connectivity index (χ0n) is 19.2. The number of likely N-dealkylation sites (tertiary alicyclic amines) is 1. The number of benzene rings is 1. The number of aromatic nitrogens is 2. The van der Waals surface area contributed by atoms with Crippen LogP contribution in [0.15, 0.2) is 24.4 Å². The number of hydrogen-bond donors (Lipinski definition) is 1. The molecule has 2 fully saturated rings. The molecule has 3 heterocycles. The van der Waals surface area contributed by atoms with Gasteiger partial charge in [0.1, 0.15) is 0 Å². The number of rotatable bonds is 4. The van der Waals surface area contributed by atoms with Crippen LogP contribution in [0.3, 0.4) is 0 Å². The zero-order chi connectivity index (χ0) is 22.8. The Balaban J connectivity index is 1.30. The van der Waals surface area contributed by atoms with Crippen LogP contribution in [0, 0.1) is 11.8 Å². The van der Waals surface area contributed by atoms with Crippen molar-refractivity contribution in [2.24, 2.45) is 18.9 Å². The number of fused-ring (bicyclic) bond motifs is 1. The van der Waals surface area contributed by atoms with Crippen LogP contribution < -0.4 is 14.8 Å². The molecule has 1 N–H and O–H groups in total.